The number of amides is 1. The highest BCUT2D eigenvalue weighted by atomic mass is 19.1. The molecule has 1 amide bonds. The van der Waals surface area contributed by atoms with E-state index in [9.17, 15) is 14.0 Å². The van der Waals surface area contributed by atoms with Crippen molar-refractivity contribution in [3.63, 3.8) is 0 Å². The van der Waals surface area contributed by atoms with Crippen LogP contribution in [-0.4, -0.2) is 25.0 Å². The minimum atomic E-state index is -0.939. The third-order valence-corrected chi connectivity index (χ3v) is 2.32. The summed E-state index contributed by atoms with van der Waals surface area (Å²) in [6.45, 7) is 0. The molecule has 0 radical (unpaired) electrons. The number of nitrogens with one attached hydrogen (secondary N) is 1. The largest absolute Gasteiger partial charge is 0.465 e. The molecule has 0 aromatic heterocycles. The molecule has 19 heavy (non-hydrogen) atoms. The highest BCUT2D eigenvalue weighted by molar-refractivity contribution is 5.97. The highest BCUT2D eigenvalue weighted by Gasteiger charge is 2.16. The molecule has 0 bridgehead atoms. The molecule has 5 nitrogen and oxygen atoms in total. The molecule has 0 heterocycles. The molecule has 1 atom stereocenters. The zero-order chi connectivity index (χ0) is 14.4. The van der Waals surface area contributed by atoms with Gasteiger partial charge in [-0.25, -0.2) is 9.18 Å². The van der Waals surface area contributed by atoms with Crippen LogP contribution < -0.4 is 11.1 Å². The lowest BCUT2D eigenvalue weighted by atomic mass is 10.1. The standard InChI is InChI=1S/C13H13FN2O3/c1-3-4-10(15)12(17)16-11-7-8(13(18)19-2)5-6-9(11)14/h1,5-7,10H,4,15H2,2H3,(H,16,17). The summed E-state index contributed by atoms with van der Waals surface area (Å²) in [5, 5.41) is 2.27. The molecule has 0 aliphatic heterocycles. The third-order valence-electron chi connectivity index (χ3n) is 2.32. The van der Waals surface area contributed by atoms with Crippen LogP contribution in [0.1, 0.15) is 16.8 Å². The van der Waals surface area contributed by atoms with Gasteiger partial charge >= 0.3 is 5.97 Å². The van der Waals surface area contributed by atoms with Crippen LogP contribution in [0.4, 0.5) is 10.1 Å². The maximum absolute atomic E-state index is 13.5. The van der Waals surface area contributed by atoms with E-state index in [1.165, 1.54) is 19.2 Å². The second kappa shape index (κ2) is 6.52. The minimum Gasteiger partial charge on any atom is -0.465 e. The Morgan fingerprint density at radius 1 is 1.58 bits per heavy atom. The SMILES string of the molecule is C#CCC(N)C(=O)Nc1cc(C(=O)OC)ccc1F. The number of benzene rings is 1. The van der Waals surface area contributed by atoms with Gasteiger partial charge in [-0.05, 0) is 18.2 Å². The molecule has 0 saturated carbocycles. The number of hydrogen-bond acceptors (Lipinski definition) is 4. The lowest BCUT2D eigenvalue weighted by molar-refractivity contribution is -0.117. The molecule has 3 N–H and O–H groups in total. The number of anilines is 1. The molecule has 1 aromatic rings. The molecule has 0 fully saturated rings. The number of methoxy groups -OCH3 is 1. The van der Waals surface area contributed by atoms with Gasteiger partial charge in [-0.15, -0.1) is 12.3 Å². The predicted molar refractivity (Wildman–Crippen MR) is 67.8 cm³/mol. The highest BCUT2D eigenvalue weighted by Crippen LogP contribution is 2.17. The van der Waals surface area contributed by atoms with E-state index in [4.69, 9.17) is 12.2 Å². The fourth-order valence-electron chi connectivity index (χ4n) is 1.31. The fraction of sp³-hybridized carbons (Fsp3) is 0.231. The van der Waals surface area contributed by atoms with E-state index in [-0.39, 0.29) is 17.7 Å². The molecule has 6 heteroatoms. The van der Waals surface area contributed by atoms with Crippen LogP contribution in [0.5, 0.6) is 0 Å². The molecular formula is C13H13FN2O3. The van der Waals surface area contributed by atoms with Gasteiger partial charge in [0.25, 0.3) is 0 Å². The van der Waals surface area contributed by atoms with Crippen molar-refractivity contribution in [3.8, 4) is 12.3 Å². The number of nitrogens with two attached hydrogens (primary N) is 1. The van der Waals surface area contributed by atoms with Crippen molar-refractivity contribution in [2.24, 2.45) is 5.73 Å². The first-order valence-corrected chi connectivity index (χ1v) is 5.37. The summed E-state index contributed by atoms with van der Waals surface area (Å²) < 4.78 is 18.0. The van der Waals surface area contributed by atoms with E-state index in [0.29, 0.717) is 0 Å². The minimum absolute atomic E-state index is 0.0319. The molecule has 0 aliphatic carbocycles. The first kappa shape index (κ1) is 14.7. The second-order valence-electron chi connectivity index (χ2n) is 3.69. The van der Waals surface area contributed by atoms with E-state index >= 15 is 0 Å². The summed E-state index contributed by atoms with van der Waals surface area (Å²) in [5.74, 6) is 0.286. The normalized spacial score (nSPS) is 11.3. The van der Waals surface area contributed by atoms with E-state index in [1.54, 1.807) is 0 Å². The number of terminal acetylenes is 1. The smallest absolute Gasteiger partial charge is 0.337 e. The van der Waals surface area contributed by atoms with Gasteiger partial charge in [0.15, 0.2) is 0 Å². The molecule has 1 rings (SSSR count). The van der Waals surface area contributed by atoms with Gasteiger partial charge in [-0.3, -0.25) is 4.79 Å². The van der Waals surface area contributed by atoms with Gasteiger partial charge in [-0.1, -0.05) is 0 Å². The van der Waals surface area contributed by atoms with Gasteiger partial charge in [0.05, 0.1) is 24.4 Å². The molecule has 0 aliphatic rings. The quantitative estimate of drug-likeness (QED) is 0.625. The zero-order valence-corrected chi connectivity index (χ0v) is 10.3. The molecular weight excluding hydrogens is 251 g/mol. The summed E-state index contributed by atoms with van der Waals surface area (Å²) >= 11 is 0. The van der Waals surface area contributed by atoms with Crippen LogP contribution in [0.15, 0.2) is 18.2 Å². The van der Waals surface area contributed by atoms with E-state index in [1.807, 2.05) is 0 Å². The summed E-state index contributed by atoms with van der Waals surface area (Å²) in [5.41, 5.74) is 5.44. The van der Waals surface area contributed by atoms with Gasteiger partial charge in [0, 0.05) is 6.42 Å². The Balaban J connectivity index is 2.92. The number of hydrogen-bond donors (Lipinski definition) is 2. The van der Waals surface area contributed by atoms with Crippen molar-refractivity contribution in [1.82, 2.24) is 0 Å². The van der Waals surface area contributed by atoms with E-state index < -0.39 is 23.7 Å². The second-order valence-corrected chi connectivity index (χ2v) is 3.69. The number of esters is 1. The van der Waals surface area contributed by atoms with Gasteiger partial charge in [0.2, 0.25) is 5.91 Å². The maximum atomic E-state index is 13.5. The maximum Gasteiger partial charge on any atom is 0.337 e. The number of ether oxygens (including phenoxy) is 1. The monoisotopic (exact) mass is 264 g/mol. The van der Waals surface area contributed by atoms with Crippen LogP contribution in [0.2, 0.25) is 0 Å². The number of rotatable bonds is 4. The summed E-state index contributed by atoms with van der Waals surface area (Å²) in [7, 11) is 1.20. The average Bonchev–Trinajstić information content (AvgIpc) is 2.40. The van der Waals surface area contributed by atoms with Gasteiger partial charge in [0.1, 0.15) is 5.82 Å². The molecule has 1 aromatic carbocycles. The van der Waals surface area contributed by atoms with Crippen molar-refractivity contribution in [3.05, 3.63) is 29.6 Å². The van der Waals surface area contributed by atoms with Crippen LogP contribution in [-0.2, 0) is 9.53 Å². The first-order valence-electron chi connectivity index (χ1n) is 5.37. The average molecular weight is 264 g/mol. The Hall–Kier alpha value is -2.39. The topological polar surface area (TPSA) is 81.4 Å². The van der Waals surface area contributed by atoms with E-state index in [2.05, 4.69) is 16.0 Å². The van der Waals surface area contributed by atoms with Crippen molar-refractivity contribution >= 4 is 17.6 Å². The Labute approximate surface area is 109 Å². The number of halogens is 1. The molecule has 0 saturated heterocycles. The van der Waals surface area contributed by atoms with Crippen LogP contribution in [0.3, 0.4) is 0 Å². The Kier molecular flexibility index (Phi) is 5.03. The molecule has 1 unspecified atom stereocenters. The van der Waals surface area contributed by atoms with Crippen molar-refractivity contribution in [2.45, 2.75) is 12.5 Å². The summed E-state index contributed by atoms with van der Waals surface area (Å²) in [6, 6.07) is 2.53. The van der Waals surface area contributed by atoms with Crippen LogP contribution in [0, 0.1) is 18.2 Å². The molecule has 0 spiro atoms. The third kappa shape index (κ3) is 3.79. The number of carbonyl (C=O) groups is 2. The lowest BCUT2D eigenvalue weighted by Gasteiger charge is -2.11. The van der Waals surface area contributed by atoms with E-state index in [0.717, 1.165) is 6.07 Å². The summed E-state index contributed by atoms with van der Waals surface area (Å²) in [6.07, 6.45) is 5.06. The van der Waals surface area contributed by atoms with Crippen molar-refractivity contribution in [1.29, 1.82) is 0 Å². The lowest BCUT2D eigenvalue weighted by Crippen LogP contribution is -2.35. The number of carbonyl (C=O) groups excluding carboxylic acids is 2. The predicted octanol–water partition coefficient (Wildman–Crippen LogP) is 0.901. The Bertz CT molecular complexity index is 537. The van der Waals surface area contributed by atoms with Crippen LogP contribution in [0.25, 0.3) is 0 Å². The fourth-order valence-corrected chi connectivity index (χ4v) is 1.31. The first-order chi connectivity index (χ1) is 8.99. The summed E-state index contributed by atoms with van der Waals surface area (Å²) in [4.78, 5) is 22.9. The van der Waals surface area contributed by atoms with Gasteiger partial charge < -0.3 is 15.8 Å². The van der Waals surface area contributed by atoms with Gasteiger partial charge in [-0.2, -0.15) is 0 Å². The Morgan fingerprint density at radius 2 is 2.26 bits per heavy atom. The molecule has 100 valence electrons. The Morgan fingerprint density at radius 3 is 2.84 bits per heavy atom. The van der Waals surface area contributed by atoms with Crippen LogP contribution >= 0.6 is 0 Å². The zero-order valence-electron chi connectivity index (χ0n) is 10.3. The van der Waals surface area contributed by atoms with Crippen molar-refractivity contribution < 1.29 is 18.7 Å². The van der Waals surface area contributed by atoms with Crippen molar-refractivity contribution in [2.75, 3.05) is 12.4 Å².